The molecule has 10 heteroatoms. The Hall–Kier alpha value is -4.63. The van der Waals surface area contributed by atoms with Gasteiger partial charge in [0.25, 0.3) is 0 Å². The monoisotopic (exact) mass is 1280 g/mol. The molecule has 0 radical (unpaired) electrons. The summed E-state index contributed by atoms with van der Waals surface area (Å²) in [6.45, 7) is 3.60. The van der Waals surface area contributed by atoms with Crippen LogP contribution in [0.5, 0.6) is 0 Å². The Bertz CT molecular complexity index is 2100. The molecule has 0 aliphatic rings. The van der Waals surface area contributed by atoms with Crippen LogP contribution in [0.4, 0.5) is 0 Å². The Morgan fingerprint density at radius 1 is 0.341 bits per heavy atom. The number of rotatable bonds is 67. The maximum Gasteiger partial charge on any atom is 0.472 e. The van der Waals surface area contributed by atoms with Crippen molar-refractivity contribution >= 4 is 19.8 Å². The van der Waals surface area contributed by atoms with Gasteiger partial charge in [-0.25, -0.2) is 4.57 Å². The molecule has 0 bridgehead atoms. The van der Waals surface area contributed by atoms with E-state index in [2.05, 4.69) is 184 Å². The molecule has 0 saturated carbocycles. The topological polar surface area (TPSA) is 134 Å². The molecule has 0 spiro atoms. The van der Waals surface area contributed by atoms with E-state index in [0.29, 0.717) is 6.42 Å². The van der Waals surface area contributed by atoms with Gasteiger partial charge in [-0.05, 0) is 135 Å². The molecule has 91 heavy (non-hydrogen) atoms. The summed E-state index contributed by atoms with van der Waals surface area (Å²) in [4.78, 5) is 35.4. The second-order valence-electron chi connectivity index (χ2n) is 23.7. The number of ether oxygens (including phenoxy) is 2. The Morgan fingerprint density at radius 2 is 0.604 bits per heavy atom. The van der Waals surface area contributed by atoms with Gasteiger partial charge in [0, 0.05) is 19.4 Å². The standard InChI is InChI=1S/C81H134NO8P/c1-3-5-7-9-11-13-15-17-19-21-23-25-27-29-31-33-34-35-36-37-38-39-40-41-42-43-44-46-48-50-52-54-56-58-60-62-64-66-68-70-72-74-81(84)90-79(78-89-91(85,86)88-76-75-82)77-87-80(83)73-71-69-67-65-63-61-59-57-55-53-51-49-47-45-32-30-28-26-24-22-20-18-16-14-12-10-8-6-4-2/h5,7,11,13,16-19,22-25,29,31,34-35,37-38,40-41,43-44,48,50,54,56,60,62,79H,3-4,6,8-10,12,14-15,20-21,26-28,30,32-33,36,39,42,45-47,49,51-53,55,57-59,61,63-78,82H2,1-2H3,(H,85,86)/b7-5-,13-11-,18-16-,19-17-,24-22-,25-23-,31-29-,35-34-,38-37-,41-40-,44-43-,50-48-,56-54-,62-60-. The highest BCUT2D eigenvalue weighted by Gasteiger charge is 2.26. The molecule has 3 N–H and O–H groups in total. The van der Waals surface area contributed by atoms with Crippen molar-refractivity contribution in [2.75, 3.05) is 26.4 Å². The maximum absolute atomic E-state index is 12.8. The van der Waals surface area contributed by atoms with E-state index in [9.17, 15) is 19.0 Å². The van der Waals surface area contributed by atoms with Gasteiger partial charge >= 0.3 is 19.8 Å². The second kappa shape index (κ2) is 74.4. The Labute approximate surface area is 559 Å². The van der Waals surface area contributed by atoms with Crippen molar-refractivity contribution in [3.05, 3.63) is 170 Å². The lowest BCUT2D eigenvalue weighted by molar-refractivity contribution is -0.161. The van der Waals surface area contributed by atoms with Crippen molar-refractivity contribution in [2.45, 2.75) is 302 Å². The molecule has 0 aromatic rings. The summed E-state index contributed by atoms with van der Waals surface area (Å²) >= 11 is 0. The number of esters is 2. The zero-order valence-corrected chi connectivity index (χ0v) is 58.9. The van der Waals surface area contributed by atoms with Crippen LogP contribution in [0.15, 0.2) is 170 Å². The van der Waals surface area contributed by atoms with E-state index in [1.807, 2.05) is 0 Å². The molecular weight excluding hydrogens is 1150 g/mol. The summed E-state index contributed by atoms with van der Waals surface area (Å²) in [7, 11) is -4.41. The van der Waals surface area contributed by atoms with Crippen LogP contribution >= 0.6 is 7.82 Å². The van der Waals surface area contributed by atoms with Crippen LogP contribution in [-0.4, -0.2) is 49.3 Å². The molecule has 0 rings (SSSR count). The van der Waals surface area contributed by atoms with Gasteiger partial charge in [0.15, 0.2) is 6.10 Å². The Morgan fingerprint density at radius 3 is 0.901 bits per heavy atom. The molecule has 0 fully saturated rings. The van der Waals surface area contributed by atoms with Crippen LogP contribution in [0.1, 0.15) is 296 Å². The number of carbonyl (C=O) groups excluding carboxylic acids is 2. The Balaban J connectivity index is 4.00. The Kier molecular flexibility index (Phi) is 70.6. The largest absolute Gasteiger partial charge is 0.472 e. The molecule has 516 valence electrons. The normalized spacial score (nSPS) is 13.9. The summed E-state index contributed by atoms with van der Waals surface area (Å²) in [6.07, 6.45) is 110. The molecule has 0 aliphatic heterocycles. The summed E-state index contributed by atoms with van der Waals surface area (Å²) in [5.74, 6) is -0.860. The lowest BCUT2D eigenvalue weighted by Gasteiger charge is -2.19. The summed E-state index contributed by atoms with van der Waals surface area (Å²) < 4.78 is 33.2. The number of nitrogens with two attached hydrogens (primary N) is 1. The van der Waals surface area contributed by atoms with Crippen molar-refractivity contribution in [1.82, 2.24) is 0 Å². The number of hydrogen-bond acceptors (Lipinski definition) is 8. The SMILES string of the molecule is CC/C=C\C/C=C\C/C=C\C/C=C\C/C=C\C/C=C\C/C=C\C/C=C\C/C=C\C/C=C\C/C=C\C/C=C\CCCCCCC(=O)OC(COC(=O)CCCCCCCCCCCCCCCCCCC/C=C\C/C=C\CCCCCCC)COP(=O)(O)OCCN. The minimum absolute atomic E-state index is 0.0414. The highest BCUT2D eigenvalue weighted by Crippen LogP contribution is 2.43. The van der Waals surface area contributed by atoms with E-state index in [0.717, 1.165) is 128 Å². The fourth-order valence-electron chi connectivity index (χ4n) is 9.71. The molecule has 2 atom stereocenters. The molecule has 0 saturated heterocycles. The van der Waals surface area contributed by atoms with E-state index in [-0.39, 0.29) is 32.6 Å². The fourth-order valence-corrected chi connectivity index (χ4v) is 10.5. The van der Waals surface area contributed by atoms with Crippen LogP contribution < -0.4 is 5.73 Å². The molecule has 2 unspecified atom stereocenters. The number of phosphoric ester groups is 1. The highest BCUT2D eigenvalue weighted by atomic mass is 31.2. The van der Waals surface area contributed by atoms with Crippen LogP contribution in [0.3, 0.4) is 0 Å². The second-order valence-corrected chi connectivity index (χ2v) is 25.2. The van der Waals surface area contributed by atoms with Gasteiger partial charge < -0.3 is 20.1 Å². The zero-order valence-electron chi connectivity index (χ0n) is 58.0. The smallest absolute Gasteiger partial charge is 0.462 e. The van der Waals surface area contributed by atoms with Crippen LogP contribution in [0.25, 0.3) is 0 Å². The minimum atomic E-state index is -4.41. The van der Waals surface area contributed by atoms with Gasteiger partial charge in [0.2, 0.25) is 0 Å². The lowest BCUT2D eigenvalue weighted by atomic mass is 10.0. The molecular formula is C81H134NO8P. The third-order valence-corrected chi connectivity index (χ3v) is 16.1. The average molecular weight is 1280 g/mol. The summed E-state index contributed by atoms with van der Waals surface area (Å²) in [5.41, 5.74) is 5.40. The fraction of sp³-hybridized carbons (Fsp3) is 0.630. The molecule has 0 aromatic carbocycles. The zero-order chi connectivity index (χ0) is 65.8. The summed E-state index contributed by atoms with van der Waals surface area (Å²) in [5, 5.41) is 0. The van der Waals surface area contributed by atoms with Gasteiger partial charge in [-0.3, -0.25) is 18.6 Å². The van der Waals surface area contributed by atoms with Crippen LogP contribution in [0.2, 0.25) is 0 Å². The quantitative estimate of drug-likeness (QED) is 0.0264. The first-order valence-corrected chi connectivity index (χ1v) is 38.1. The molecule has 9 nitrogen and oxygen atoms in total. The van der Waals surface area contributed by atoms with Gasteiger partial charge in [-0.1, -0.05) is 319 Å². The first-order chi connectivity index (χ1) is 44.8. The van der Waals surface area contributed by atoms with Crippen molar-refractivity contribution in [3.63, 3.8) is 0 Å². The van der Waals surface area contributed by atoms with Gasteiger partial charge in [-0.15, -0.1) is 0 Å². The maximum atomic E-state index is 12.8. The average Bonchev–Trinajstić information content (AvgIpc) is 3.74. The molecule has 0 amide bonds. The highest BCUT2D eigenvalue weighted by molar-refractivity contribution is 7.47. The molecule has 0 aromatic heterocycles. The predicted molar refractivity (Wildman–Crippen MR) is 394 cm³/mol. The van der Waals surface area contributed by atoms with Crippen molar-refractivity contribution in [1.29, 1.82) is 0 Å². The van der Waals surface area contributed by atoms with Gasteiger partial charge in [0.05, 0.1) is 13.2 Å². The first-order valence-electron chi connectivity index (χ1n) is 36.6. The number of allylic oxidation sites excluding steroid dienone is 28. The van der Waals surface area contributed by atoms with E-state index in [1.54, 1.807) is 0 Å². The van der Waals surface area contributed by atoms with E-state index < -0.39 is 32.5 Å². The van der Waals surface area contributed by atoms with Gasteiger partial charge in [0.1, 0.15) is 6.61 Å². The molecule has 0 heterocycles. The van der Waals surface area contributed by atoms with Crippen molar-refractivity contribution in [3.8, 4) is 0 Å². The number of hydrogen-bond donors (Lipinski definition) is 2. The van der Waals surface area contributed by atoms with E-state index >= 15 is 0 Å². The number of phosphoric acid groups is 1. The third-order valence-electron chi connectivity index (χ3n) is 15.1. The minimum Gasteiger partial charge on any atom is -0.462 e. The third kappa shape index (κ3) is 74.3. The van der Waals surface area contributed by atoms with Crippen molar-refractivity contribution in [2.24, 2.45) is 5.73 Å². The predicted octanol–water partition coefficient (Wildman–Crippen LogP) is 24.5. The summed E-state index contributed by atoms with van der Waals surface area (Å²) in [6, 6.07) is 0. The first kappa shape index (κ1) is 86.4. The van der Waals surface area contributed by atoms with Crippen molar-refractivity contribution < 1.29 is 37.6 Å². The number of unbranched alkanes of at least 4 members (excludes halogenated alkanes) is 26. The van der Waals surface area contributed by atoms with Crippen LogP contribution in [0, 0.1) is 0 Å². The van der Waals surface area contributed by atoms with Gasteiger partial charge in [-0.2, -0.15) is 0 Å². The lowest BCUT2D eigenvalue weighted by Crippen LogP contribution is -2.29. The molecule has 0 aliphatic carbocycles. The van der Waals surface area contributed by atoms with Crippen LogP contribution in [-0.2, 0) is 32.7 Å². The van der Waals surface area contributed by atoms with E-state index in [4.69, 9.17) is 24.3 Å². The number of carbonyl (C=O) groups is 2. The van der Waals surface area contributed by atoms with E-state index in [1.165, 1.54) is 135 Å².